The highest BCUT2D eigenvalue weighted by molar-refractivity contribution is 7.20. The molecule has 0 bridgehead atoms. The third-order valence-corrected chi connectivity index (χ3v) is 5.55. The van der Waals surface area contributed by atoms with E-state index in [1.807, 2.05) is 18.2 Å². The quantitative estimate of drug-likeness (QED) is 0.455. The predicted octanol–water partition coefficient (Wildman–Crippen LogP) is 6.02. The van der Waals surface area contributed by atoms with E-state index in [4.69, 9.17) is 27.9 Å². The van der Waals surface area contributed by atoms with Crippen molar-refractivity contribution in [2.75, 3.05) is 12.4 Å². The van der Waals surface area contributed by atoms with E-state index in [1.54, 1.807) is 37.4 Å². The Kier molecular flexibility index (Phi) is 4.44. The van der Waals surface area contributed by atoms with Crippen molar-refractivity contribution in [3.05, 3.63) is 63.5 Å². The summed E-state index contributed by atoms with van der Waals surface area (Å²) in [5.41, 5.74) is 1.30. The first-order chi connectivity index (χ1) is 12.5. The molecule has 0 aliphatic heterocycles. The van der Waals surface area contributed by atoms with E-state index in [-0.39, 0.29) is 5.91 Å². The molecule has 0 saturated heterocycles. The van der Waals surface area contributed by atoms with Gasteiger partial charge in [-0.3, -0.25) is 4.79 Å². The lowest BCUT2D eigenvalue weighted by Gasteiger charge is -2.05. The van der Waals surface area contributed by atoms with Crippen molar-refractivity contribution in [3.63, 3.8) is 0 Å². The van der Waals surface area contributed by atoms with Gasteiger partial charge in [0.2, 0.25) is 0 Å². The molecule has 130 valence electrons. The van der Waals surface area contributed by atoms with Crippen LogP contribution < -0.4 is 10.1 Å². The van der Waals surface area contributed by atoms with Gasteiger partial charge in [-0.2, -0.15) is 0 Å². The van der Waals surface area contributed by atoms with Crippen molar-refractivity contribution in [2.45, 2.75) is 0 Å². The number of benzene rings is 2. The van der Waals surface area contributed by atoms with E-state index < -0.39 is 0 Å². The van der Waals surface area contributed by atoms with Crippen LogP contribution in [-0.2, 0) is 0 Å². The maximum atomic E-state index is 12.5. The zero-order valence-electron chi connectivity index (χ0n) is 13.5. The van der Waals surface area contributed by atoms with Crippen LogP contribution in [0.25, 0.3) is 21.1 Å². The molecular weight excluding hydrogens is 391 g/mol. The standard InChI is InChI=1S/C19H12Cl2N2O2S/c1-25-14-6-5-10-7-11-8-15(26-19(11)23-17(10)16(14)21)18(24)22-13-4-2-3-12(20)9-13/h2-9H,1H3,(H,22,24). The lowest BCUT2D eigenvalue weighted by molar-refractivity contribution is 0.103. The second-order valence-electron chi connectivity index (χ2n) is 5.61. The van der Waals surface area contributed by atoms with Crippen molar-refractivity contribution >= 4 is 67.3 Å². The Balaban J connectivity index is 1.73. The minimum absolute atomic E-state index is 0.206. The van der Waals surface area contributed by atoms with Gasteiger partial charge in [0.1, 0.15) is 15.6 Å². The molecule has 0 aliphatic carbocycles. The average molecular weight is 403 g/mol. The van der Waals surface area contributed by atoms with Crippen molar-refractivity contribution in [3.8, 4) is 5.75 Å². The summed E-state index contributed by atoms with van der Waals surface area (Å²) in [4.78, 5) is 18.5. The fourth-order valence-corrected chi connectivity index (χ4v) is 4.07. The molecule has 0 unspecified atom stereocenters. The summed E-state index contributed by atoms with van der Waals surface area (Å²) in [7, 11) is 1.56. The number of nitrogens with zero attached hydrogens (tertiary/aromatic N) is 1. The first kappa shape index (κ1) is 17.1. The summed E-state index contributed by atoms with van der Waals surface area (Å²) in [5.74, 6) is 0.365. The van der Waals surface area contributed by atoms with E-state index in [1.165, 1.54) is 11.3 Å². The van der Waals surface area contributed by atoms with E-state index in [2.05, 4.69) is 10.3 Å². The van der Waals surface area contributed by atoms with Crippen LogP contribution in [0.3, 0.4) is 0 Å². The molecule has 1 amide bonds. The number of ether oxygens (including phenoxy) is 1. The smallest absolute Gasteiger partial charge is 0.265 e. The number of fused-ring (bicyclic) bond motifs is 2. The first-order valence-electron chi connectivity index (χ1n) is 7.69. The number of carbonyl (C=O) groups excluding carboxylic acids is 1. The number of pyridine rings is 1. The summed E-state index contributed by atoms with van der Waals surface area (Å²) >= 11 is 13.6. The van der Waals surface area contributed by atoms with Crippen LogP contribution >= 0.6 is 34.5 Å². The molecule has 2 aromatic carbocycles. The zero-order valence-corrected chi connectivity index (χ0v) is 15.9. The SMILES string of the molecule is COc1ccc2cc3cc(C(=O)Nc4cccc(Cl)c4)sc3nc2c1Cl. The highest BCUT2D eigenvalue weighted by Crippen LogP contribution is 2.35. The number of hydrogen-bond donors (Lipinski definition) is 1. The summed E-state index contributed by atoms with van der Waals surface area (Å²) in [5, 5.41) is 5.65. The summed E-state index contributed by atoms with van der Waals surface area (Å²) in [6, 6.07) is 14.5. The number of aromatic nitrogens is 1. The minimum atomic E-state index is -0.206. The Morgan fingerprint density at radius 2 is 1.96 bits per heavy atom. The number of methoxy groups -OCH3 is 1. The van der Waals surface area contributed by atoms with Gasteiger partial charge in [-0.25, -0.2) is 4.98 Å². The van der Waals surface area contributed by atoms with Crippen LogP contribution in [0.1, 0.15) is 9.67 Å². The highest BCUT2D eigenvalue weighted by Gasteiger charge is 2.14. The van der Waals surface area contributed by atoms with Crippen molar-refractivity contribution in [2.24, 2.45) is 0 Å². The van der Waals surface area contributed by atoms with E-state index in [0.717, 1.165) is 15.6 Å². The molecule has 2 heterocycles. The van der Waals surface area contributed by atoms with Crippen molar-refractivity contribution in [1.82, 2.24) is 4.98 Å². The summed E-state index contributed by atoms with van der Waals surface area (Å²) < 4.78 is 5.24. The second-order valence-corrected chi connectivity index (χ2v) is 7.46. The van der Waals surface area contributed by atoms with Gasteiger partial charge < -0.3 is 10.1 Å². The van der Waals surface area contributed by atoms with Gasteiger partial charge in [0.25, 0.3) is 5.91 Å². The van der Waals surface area contributed by atoms with Gasteiger partial charge in [-0.1, -0.05) is 29.3 Å². The van der Waals surface area contributed by atoms with Crippen molar-refractivity contribution in [1.29, 1.82) is 0 Å². The van der Waals surface area contributed by atoms with E-state index >= 15 is 0 Å². The molecule has 4 aromatic rings. The monoisotopic (exact) mass is 402 g/mol. The van der Waals surface area contributed by atoms with Gasteiger partial charge in [0.05, 0.1) is 17.5 Å². The third kappa shape index (κ3) is 3.09. The lowest BCUT2D eigenvalue weighted by Crippen LogP contribution is -2.09. The molecule has 0 fully saturated rings. The Morgan fingerprint density at radius 3 is 2.73 bits per heavy atom. The largest absolute Gasteiger partial charge is 0.495 e. The molecule has 26 heavy (non-hydrogen) atoms. The number of thiophene rings is 1. The van der Waals surface area contributed by atoms with Gasteiger partial charge >= 0.3 is 0 Å². The number of halogens is 2. The number of anilines is 1. The molecule has 1 N–H and O–H groups in total. The molecule has 7 heteroatoms. The van der Waals surface area contributed by atoms with Crippen LogP contribution in [0, 0.1) is 0 Å². The molecule has 0 radical (unpaired) electrons. The molecule has 4 nitrogen and oxygen atoms in total. The second kappa shape index (κ2) is 6.76. The lowest BCUT2D eigenvalue weighted by atomic mass is 10.2. The molecular formula is C19H12Cl2N2O2S. The van der Waals surface area contributed by atoms with Gasteiger partial charge in [0.15, 0.2) is 0 Å². The fraction of sp³-hybridized carbons (Fsp3) is 0.0526. The van der Waals surface area contributed by atoms with Gasteiger partial charge in [0, 0.05) is 21.5 Å². The Bertz CT molecular complexity index is 1160. The molecule has 0 atom stereocenters. The van der Waals surface area contributed by atoms with E-state index in [0.29, 0.717) is 31.9 Å². The fourth-order valence-electron chi connectivity index (χ4n) is 2.67. The molecule has 0 aliphatic rings. The van der Waals surface area contributed by atoms with Gasteiger partial charge in [-0.15, -0.1) is 11.3 Å². The Labute approximate surface area is 163 Å². The van der Waals surface area contributed by atoms with Crippen LogP contribution in [0.2, 0.25) is 10.0 Å². The average Bonchev–Trinajstić information content (AvgIpc) is 3.04. The van der Waals surface area contributed by atoms with Crippen LogP contribution in [-0.4, -0.2) is 18.0 Å². The number of rotatable bonds is 3. The topological polar surface area (TPSA) is 51.2 Å². The minimum Gasteiger partial charge on any atom is -0.495 e. The molecule has 0 saturated carbocycles. The highest BCUT2D eigenvalue weighted by atomic mass is 35.5. The van der Waals surface area contributed by atoms with Crippen LogP contribution in [0.4, 0.5) is 5.69 Å². The Morgan fingerprint density at radius 1 is 1.12 bits per heavy atom. The number of nitrogens with one attached hydrogen (secondary N) is 1. The molecule has 2 aromatic heterocycles. The van der Waals surface area contributed by atoms with Crippen molar-refractivity contribution < 1.29 is 9.53 Å². The third-order valence-electron chi connectivity index (χ3n) is 3.90. The number of hydrogen-bond acceptors (Lipinski definition) is 4. The van der Waals surface area contributed by atoms with Gasteiger partial charge in [-0.05, 0) is 42.5 Å². The van der Waals surface area contributed by atoms with Crippen LogP contribution in [0.15, 0.2) is 48.5 Å². The Hall–Kier alpha value is -2.34. The number of carbonyl (C=O) groups is 1. The normalized spacial score (nSPS) is 11.0. The number of amides is 1. The first-order valence-corrected chi connectivity index (χ1v) is 9.26. The van der Waals surface area contributed by atoms with E-state index in [9.17, 15) is 4.79 Å². The molecule has 0 spiro atoms. The maximum absolute atomic E-state index is 12.5. The maximum Gasteiger partial charge on any atom is 0.265 e. The summed E-state index contributed by atoms with van der Waals surface area (Å²) in [6.45, 7) is 0. The zero-order chi connectivity index (χ0) is 18.3. The van der Waals surface area contributed by atoms with Crippen LogP contribution in [0.5, 0.6) is 5.75 Å². The molecule has 4 rings (SSSR count). The predicted molar refractivity (Wildman–Crippen MR) is 108 cm³/mol. The summed E-state index contributed by atoms with van der Waals surface area (Å²) in [6.07, 6.45) is 0.